The van der Waals surface area contributed by atoms with E-state index in [1.165, 1.54) is 7.05 Å². The van der Waals surface area contributed by atoms with Gasteiger partial charge in [0.05, 0.1) is 0 Å². The Labute approximate surface area is 90.1 Å². The maximum Gasteiger partial charge on any atom is 0.331 e. The molecule has 1 N–H and O–H groups in total. The number of hydrogen-bond acceptors (Lipinski definition) is 2. The third-order valence-electron chi connectivity index (χ3n) is 2.07. The Kier molecular flexibility index (Phi) is 3.55. The number of carbonyl (C=O) groups excluding carboxylic acids is 1. The van der Waals surface area contributed by atoms with Crippen molar-refractivity contribution in [3.63, 3.8) is 0 Å². The molecule has 0 heterocycles. The van der Waals surface area contributed by atoms with E-state index in [1.54, 1.807) is 0 Å². The first-order valence-electron chi connectivity index (χ1n) is 4.32. The second-order valence-corrected chi connectivity index (χ2v) is 3.19. The number of carboxylic acids is 1. The summed E-state index contributed by atoms with van der Waals surface area (Å²) in [6.07, 6.45) is 0.306. The van der Waals surface area contributed by atoms with Crippen molar-refractivity contribution in [2.24, 2.45) is 0 Å². The molecule has 0 aliphatic rings. The monoisotopic (exact) mass is 229 g/mol. The van der Waals surface area contributed by atoms with Crippen LogP contribution in [0.2, 0.25) is 0 Å². The average Bonchev–Trinajstić information content (AvgIpc) is 2.22. The lowest BCUT2D eigenvalue weighted by Gasteiger charge is -2.20. The first-order chi connectivity index (χ1) is 7.47. The van der Waals surface area contributed by atoms with Crippen LogP contribution in [0.3, 0.4) is 0 Å². The van der Waals surface area contributed by atoms with E-state index in [9.17, 15) is 18.4 Å². The number of carbonyl (C=O) groups is 2. The predicted octanol–water partition coefficient (Wildman–Crippen LogP) is 1.18. The minimum Gasteiger partial charge on any atom is -0.479 e. The molecule has 0 saturated carbocycles. The lowest BCUT2D eigenvalue weighted by atomic mass is 10.1. The Morgan fingerprint density at radius 2 is 2.06 bits per heavy atom. The topological polar surface area (TPSA) is 57.6 Å². The lowest BCUT2D eigenvalue weighted by molar-refractivity contribution is -0.145. The van der Waals surface area contributed by atoms with Crippen LogP contribution >= 0.6 is 0 Å². The molecule has 0 aromatic heterocycles. The smallest absolute Gasteiger partial charge is 0.331 e. The number of rotatable bonds is 4. The highest BCUT2D eigenvalue weighted by atomic mass is 19.2. The fourth-order valence-corrected chi connectivity index (χ4v) is 1.30. The quantitative estimate of drug-likeness (QED) is 0.788. The summed E-state index contributed by atoms with van der Waals surface area (Å²) in [6.45, 7) is 0. The molecule has 1 amide bonds. The molecule has 1 aromatic rings. The summed E-state index contributed by atoms with van der Waals surface area (Å²) in [7, 11) is 1.24. The van der Waals surface area contributed by atoms with E-state index in [-0.39, 0.29) is 5.56 Å². The number of nitrogens with zero attached hydrogens (tertiary/aromatic N) is 1. The van der Waals surface area contributed by atoms with Crippen LogP contribution in [0.25, 0.3) is 0 Å². The molecule has 0 radical (unpaired) electrons. The molecule has 16 heavy (non-hydrogen) atoms. The van der Waals surface area contributed by atoms with Gasteiger partial charge in [0.2, 0.25) is 6.41 Å². The van der Waals surface area contributed by atoms with Crippen LogP contribution in [0.4, 0.5) is 8.78 Å². The number of carboxylic acid groups (broad SMARTS) is 1. The lowest BCUT2D eigenvalue weighted by Crippen LogP contribution is -2.29. The standard InChI is InChI=1S/C10H9F2NO3/c1-13(5-14)9(10(15)16)6-2-3-7(11)8(12)4-6/h2-5,9H,1H3,(H,15,16). The van der Waals surface area contributed by atoms with Crippen molar-refractivity contribution in [2.75, 3.05) is 7.05 Å². The molecule has 0 fully saturated rings. The molecule has 1 rings (SSSR count). The minimum absolute atomic E-state index is 0.000926. The molecule has 0 spiro atoms. The SMILES string of the molecule is CN(C=O)C(C(=O)O)c1ccc(F)c(F)c1. The van der Waals surface area contributed by atoms with E-state index in [4.69, 9.17) is 5.11 Å². The van der Waals surface area contributed by atoms with Crippen molar-refractivity contribution in [1.29, 1.82) is 0 Å². The van der Waals surface area contributed by atoms with Crippen LogP contribution < -0.4 is 0 Å². The Morgan fingerprint density at radius 1 is 1.44 bits per heavy atom. The molecule has 1 atom stereocenters. The first-order valence-corrected chi connectivity index (χ1v) is 4.32. The molecule has 1 aromatic carbocycles. The predicted molar refractivity (Wildman–Crippen MR) is 50.6 cm³/mol. The average molecular weight is 229 g/mol. The van der Waals surface area contributed by atoms with Crippen molar-refractivity contribution in [1.82, 2.24) is 4.90 Å². The highest BCUT2D eigenvalue weighted by molar-refractivity contribution is 5.78. The van der Waals surface area contributed by atoms with E-state index in [2.05, 4.69) is 0 Å². The molecule has 0 saturated heterocycles. The molecule has 6 heteroatoms. The second kappa shape index (κ2) is 4.69. The summed E-state index contributed by atoms with van der Waals surface area (Å²) in [5.41, 5.74) is 0.000926. The van der Waals surface area contributed by atoms with Gasteiger partial charge in [0.15, 0.2) is 17.7 Å². The highest BCUT2D eigenvalue weighted by Gasteiger charge is 2.24. The molecule has 4 nitrogen and oxygen atoms in total. The molecule has 0 bridgehead atoms. The van der Waals surface area contributed by atoms with Gasteiger partial charge in [-0.25, -0.2) is 13.6 Å². The maximum absolute atomic E-state index is 12.9. The number of amides is 1. The Bertz CT molecular complexity index is 423. The third-order valence-corrected chi connectivity index (χ3v) is 2.07. The summed E-state index contributed by atoms with van der Waals surface area (Å²) < 4.78 is 25.5. The summed E-state index contributed by atoms with van der Waals surface area (Å²) in [4.78, 5) is 22.2. The van der Waals surface area contributed by atoms with Crippen molar-refractivity contribution in [2.45, 2.75) is 6.04 Å². The van der Waals surface area contributed by atoms with Gasteiger partial charge in [-0.2, -0.15) is 0 Å². The van der Waals surface area contributed by atoms with Crippen LogP contribution in [-0.4, -0.2) is 29.4 Å². The van der Waals surface area contributed by atoms with Crippen molar-refractivity contribution in [3.8, 4) is 0 Å². The minimum atomic E-state index is -1.33. The summed E-state index contributed by atoms with van der Waals surface area (Å²) in [5, 5.41) is 8.87. The van der Waals surface area contributed by atoms with E-state index in [1.807, 2.05) is 0 Å². The maximum atomic E-state index is 12.9. The fraction of sp³-hybridized carbons (Fsp3) is 0.200. The molecular formula is C10H9F2NO3. The van der Waals surface area contributed by atoms with Crippen LogP contribution in [0.1, 0.15) is 11.6 Å². The number of aliphatic carboxylic acids is 1. The van der Waals surface area contributed by atoms with Crippen LogP contribution in [0.5, 0.6) is 0 Å². The van der Waals surface area contributed by atoms with Gasteiger partial charge in [-0.3, -0.25) is 4.79 Å². The fourth-order valence-electron chi connectivity index (χ4n) is 1.30. The molecule has 0 aliphatic carbocycles. The van der Waals surface area contributed by atoms with Crippen LogP contribution in [-0.2, 0) is 9.59 Å². The van der Waals surface area contributed by atoms with Gasteiger partial charge in [0.25, 0.3) is 0 Å². The van der Waals surface area contributed by atoms with Crippen molar-refractivity contribution in [3.05, 3.63) is 35.4 Å². The Morgan fingerprint density at radius 3 is 2.50 bits per heavy atom. The van der Waals surface area contributed by atoms with Gasteiger partial charge in [-0.1, -0.05) is 6.07 Å². The van der Waals surface area contributed by atoms with E-state index in [0.29, 0.717) is 6.41 Å². The molecule has 86 valence electrons. The van der Waals surface area contributed by atoms with E-state index < -0.39 is 23.6 Å². The molecular weight excluding hydrogens is 220 g/mol. The Balaban J connectivity index is 3.16. The Hall–Kier alpha value is -1.98. The summed E-state index contributed by atoms with van der Waals surface area (Å²) in [5.74, 6) is -3.54. The van der Waals surface area contributed by atoms with Gasteiger partial charge in [0.1, 0.15) is 0 Å². The highest BCUT2D eigenvalue weighted by Crippen LogP contribution is 2.20. The van der Waals surface area contributed by atoms with Gasteiger partial charge < -0.3 is 10.0 Å². The normalized spacial score (nSPS) is 11.9. The first kappa shape index (κ1) is 12.1. The zero-order valence-corrected chi connectivity index (χ0v) is 8.35. The van der Waals surface area contributed by atoms with Crippen molar-refractivity contribution < 1.29 is 23.5 Å². The van der Waals surface area contributed by atoms with E-state index in [0.717, 1.165) is 23.1 Å². The van der Waals surface area contributed by atoms with E-state index >= 15 is 0 Å². The number of likely N-dealkylation sites (N-methyl/N-ethyl adjacent to an activating group) is 1. The van der Waals surface area contributed by atoms with Gasteiger partial charge >= 0.3 is 5.97 Å². The summed E-state index contributed by atoms with van der Waals surface area (Å²) in [6, 6.07) is 1.37. The third kappa shape index (κ3) is 2.33. The molecule has 0 aliphatic heterocycles. The zero-order valence-electron chi connectivity index (χ0n) is 8.35. The molecule has 1 unspecified atom stereocenters. The summed E-state index contributed by atoms with van der Waals surface area (Å²) >= 11 is 0. The number of halogens is 2. The second-order valence-electron chi connectivity index (χ2n) is 3.19. The van der Waals surface area contributed by atoms with Crippen LogP contribution in [0, 0.1) is 11.6 Å². The van der Waals surface area contributed by atoms with Gasteiger partial charge in [-0.05, 0) is 17.7 Å². The van der Waals surface area contributed by atoms with Gasteiger partial charge in [0, 0.05) is 7.05 Å². The van der Waals surface area contributed by atoms with Gasteiger partial charge in [-0.15, -0.1) is 0 Å². The largest absolute Gasteiger partial charge is 0.479 e. The van der Waals surface area contributed by atoms with Crippen molar-refractivity contribution >= 4 is 12.4 Å². The number of hydrogen-bond donors (Lipinski definition) is 1. The van der Waals surface area contributed by atoms with Crippen LogP contribution in [0.15, 0.2) is 18.2 Å². The number of benzene rings is 1. The zero-order chi connectivity index (χ0) is 12.3.